The van der Waals surface area contributed by atoms with Gasteiger partial charge in [0.15, 0.2) is 11.5 Å². The molecule has 116 valence electrons. The molecule has 0 saturated carbocycles. The number of ether oxygens (including phenoxy) is 2. The van der Waals surface area contributed by atoms with Crippen molar-refractivity contribution in [2.75, 3.05) is 33.4 Å². The molecule has 1 N–H and O–H groups in total. The third-order valence-electron chi connectivity index (χ3n) is 3.79. The maximum atomic E-state index is 12.4. The Morgan fingerprint density at radius 1 is 1.33 bits per heavy atom. The Balaban J connectivity index is 0.00000161. The predicted molar refractivity (Wildman–Crippen MR) is 82.7 cm³/mol. The zero-order chi connectivity index (χ0) is 13.9. The third-order valence-corrected chi connectivity index (χ3v) is 3.79. The maximum Gasteiger partial charge on any atom is 0.253 e. The standard InChI is InChI=1S/C15H20N2O3.ClH/c1-17(10-12-3-2-6-16-12)15(18)11-4-5-13-14(9-11)20-8-7-19-13;/h4-5,9,12,16H,2-3,6-8,10H2,1H3;1H. The van der Waals surface area contributed by atoms with Crippen LogP contribution in [0.15, 0.2) is 18.2 Å². The highest BCUT2D eigenvalue weighted by Gasteiger charge is 2.21. The fourth-order valence-corrected chi connectivity index (χ4v) is 2.72. The van der Waals surface area contributed by atoms with Crippen molar-refractivity contribution in [3.63, 3.8) is 0 Å². The molecule has 1 aromatic carbocycles. The van der Waals surface area contributed by atoms with Crippen LogP contribution in [0.3, 0.4) is 0 Å². The molecule has 1 saturated heterocycles. The molecule has 1 aromatic rings. The number of carbonyl (C=O) groups is 1. The molecule has 1 amide bonds. The second kappa shape index (κ2) is 7.00. The average Bonchev–Trinajstić information content (AvgIpc) is 2.99. The van der Waals surface area contributed by atoms with Gasteiger partial charge in [-0.25, -0.2) is 0 Å². The summed E-state index contributed by atoms with van der Waals surface area (Å²) >= 11 is 0. The van der Waals surface area contributed by atoms with E-state index in [1.54, 1.807) is 17.0 Å². The normalized spacial score (nSPS) is 19.8. The minimum absolute atomic E-state index is 0. The predicted octanol–water partition coefficient (Wildman–Crippen LogP) is 1.70. The number of nitrogens with zero attached hydrogens (tertiary/aromatic N) is 1. The number of rotatable bonds is 3. The average molecular weight is 313 g/mol. The first-order chi connectivity index (χ1) is 9.74. The van der Waals surface area contributed by atoms with Crippen molar-refractivity contribution in [3.8, 4) is 11.5 Å². The molecule has 0 spiro atoms. The summed E-state index contributed by atoms with van der Waals surface area (Å²) in [5.41, 5.74) is 0.648. The van der Waals surface area contributed by atoms with Gasteiger partial charge in [-0.2, -0.15) is 0 Å². The van der Waals surface area contributed by atoms with Gasteiger partial charge < -0.3 is 19.7 Å². The number of benzene rings is 1. The highest BCUT2D eigenvalue weighted by molar-refractivity contribution is 5.94. The van der Waals surface area contributed by atoms with Crippen molar-refractivity contribution >= 4 is 18.3 Å². The van der Waals surface area contributed by atoms with Gasteiger partial charge in [-0.3, -0.25) is 4.79 Å². The lowest BCUT2D eigenvalue weighted by atomic mass is 10.1. The smallest absolute Gasteiger partial charge is 0.253 e. The molecule has 0 bridgehead atoms. The molecule has 2 aliphatic rings. The molecule has 2 heterocycles. The van der Waals surface area contributed by atoms with Gasteiger partial charge in [0.25, 0.3) is 5.91 Å². The van der Waals surface area contributed by atoms with Crippen molar-refractivity contribution in [1.82, 2.24) is 10.2 Å². The Labute approximate surface area is 131 Å². The maximum absolute atomic E-state index is 12.4. The molecule has 0 aromatic heterocycles. The van der Waals surface area contributed by atoms with Gasteiger partial charge in [0, 0.05) is 25.2 Å². The topological polar surface area (TPSA) is 50.8 Å². The number of carbonyl (C=O) groups excluding carboxylic acids is 1. The first-order valence-electron chi connectivity index (χ1n) is 7.12. The quantitative estimate of drug-likeness (QED) is 0.923. The van der Waals surface area contributed by atoms with Crippen molar-refractivity contribution in [1.29, 1.82) is 0 Å². The molecule has 5 nitrogen and oxygen atoms in total. The van der Waals surface area contributed by atoms with Crippen molar-refractivity contribution in [2.45, 2.75) is 18.9 Å². The molecule has 3 rings (SSSR count). The molecule has 21 heavy (non-hydrogen) atoms. The summed E-state index contributed by atoms with van der Waals surface area (Å²) in [6.07, 6.45) is 2.33. The zero-order valence-corrected chi connectivity index (χ0v) is 12.9. The first kappa shape index (κ1) is 15.9. The number of amides is 1. The van der Waals surface area contributed by atoms with Gasteiger partial charge in [0.05, 0.1) is 0 Å². The lowest BCUT2D eigenvalue weighted by molar-refractivity contribution is 0.0782. The largest absolute Gasteiger partial charge is 0.486 e. The van der Waals surface area contributed by atoms with E-state index >= 15 is 0 Å². The van der Waals surface area contributed by atoms with E-state index in [1.807, 2.05) is 13.1 Å². The SMILES string of the molecule is CN(CC1CCCN1)C(=O)c1ccc2c(c1)OCCO2.Cl. The second-order valence-electron chi connectivity index (χ2n) is 5.34. The van der Waals surface area contributed by atoms with Gasteiger partial charge in [-0.15, -0.1) is 12.4 Å². The Hall–Kier alpha value is -1.46. The molecule has 1 fully saturated rings. The van der Waals surface area contributed by atoms with E-state index in [9.17, 15) is 4.79 Å². The number of likely N-dealkylation sites (N-methyl/N-ethyl adjacent to an activating group) is 1. The molecule has 0 radical (unpaired) electrons. The zero-order valence-electron chi connectivity index (χ0n) is 12.1. The van der Waals surface area contributed by atoms with Crippen molar-refractivity contribution in [2.24, 2.45) is 0 Å². The number of hydrogen-bond acceptors (Lipinski definition) is 4. The van der Waals surface area contributed by atoms with Gasteiger partial charge in [-0.05, 0) is 37.6 Å². The van der Waals surface area contributed by atoms with E-state index in [1.165, 1.54) is 6.42 Å². The first-order valence-corrected chi connectivity index (χ1v) is 7.12. The lowest BCUT2D eigenvalue weighted by Gasteiger charge is -2.23. The summed E-state index contributed by atoms with van der Waals surface area (Å²) in [5.74, 6) is 1.40. The van der Waals surface area contributed by atoms with E-state index in [4.69, 9.17) is 9.47 Å². The van der Waals surface area contributed by atoms with Gasteiger partial charge in [0.1, 0.15) is 13.2 Å². The summed E-state index contributed by atoms with van der Waals surface area (Å²) in [4.78, 5) is 14.2. The van der Waals surface area contributed by atoms with E-state index < -0.39 is 0 Å². The Morgan fingerprint density at radius 3 is 2.81 bits per heavy atom. The monoisotopic (exact) mass is 312 g/mol. The highest BCUT2D eigenvalue weighted by atomic mass is 35.5. The number of halogens is 1. The number of hydrogen-bond donors (Lipinski definition) is 1. The van der Waals surface area contributed by atoms with Crippen LogP contribution in [0.4, 0.5) is 0 Å². The van der Waals surface area contributed by atoms with Crippen LogP contribution < -0.4 is 14.8 Å². The summed E-state index contributed by atoms with van der Waals surface area (Å²) in [5, 5.41) is 3.41. The molecular formula is C15H21ClN2O3. The Kier molecular flexibility index (Phi) is 5.31. The van der Waals surface area contributed by atoms with Crippen molar-refractivity contribution in [3.05, 3.63) is 23.8 Å². The van der Waals surface area contributed by atoms with Gasteiger partial charge in [-0.1, -0.05) is 0 Å². The lowest BCUT2D eigenvalue weighted by Crippen LogP contribution is -2.38. The van der Waals surface area contributed by atoms with Crippen LogP contribution in [-0.4, -0.2) is 50.2 Å². The minimum atomic E-state index is 0. The molecule has 6 heteroatoms. The molecule has 1 unspecified atom stereocenters. The molecule has 0 aliphatic carbocycles. The van der Waals surface area contributed by atoms with E-state index in [2.05, 4.69) is 5.32 Å². The van der Waals surface area contributed by atoms with Gasteiger partial charge >= 0.3 is 0 Å². The molecule has 2 aliphatic heterocycles. The number of fused-ring (bicyclic) bond motifs is 1. The van der Waals surface area contributed by atoms with Crippen LogP contribution in [0.5, 0.6) is 11.5 Å². The van der Waals surface area contributed by atoms with E-state index in [0.29, 0.717) is 36.3 Å². The van der Waals surface area contributed by atoms with Crippen LogP contribution in [0.2, 0.25) is 0 Å². The summed E-state index contributed by atoms with van der Waals surface area (Å²) < 4.78 is 11.0. The minimum Gasteiger partial charge on any atom is -0.486 e. The highest BCUT2D eigenvalue weighted by Crippen LogP contribution is 2.31. The summed E-state index contributed by atoms with van der Waals surface area (Å²) in [7, 11) is 1.85. The summed E-state index contributed by atoms with van der Waals surface area (Å²) in [6, 6.07) is 5.80. The van der Waals surface area contributed by atoms with Crippen LogP contribution in [-0.2, 0) is 0 Å². The third kappa shape index (κ3) is 3.60. The Morgan fingerprint density at radius 2 is 2.10 bits per heavy atom. The van der Waals surface area contributed by atoms with Crippen LogP contribution in [0.1, 0.15) is 23.2 Å². The van der Waals surface area contributed by atoms with Crippen LogP contribution in [0, 0.1) is 0 Å². The second-order valence-corrected chi connectivity index (χ2v) is 5.34. The van der Waals surface area contributed by atoms with Crippen LogP contribution in [0.25, 0.3) is 0 Å². The van der Waals surface area contributed by atoms with E-state index in [0.717, 1.165) is 19.5 Å². The van der Waals surface area contributed by atoms with Crippen molar-refractivity contribution < 1.29 is 14.3 Å². The Bertz CT molecular complexity index is 504. The number of nitrogens with one attached hydrogen (secondary N) is 1. The molecular weight excluding hydrogens is 292 g/mol. The molecule has 1 atom stereocenters. The fourth-order valence-electron chi connectivity index (χ4n) is 2.72. The van der Waals surface area contributed by atoms with Gasteiger partial charge in [0.2, 0.25) is 0 Å². The fraction of sp³-hybridized carbons (Fsp3) is 0.533. The summed E-state index contributed by atoms with van der Waals surface area (Å²) in [6.45, 7) is 2.89. The van der Waals surface area contributed by atoms with Crippen LogP contribution >= 0.6 is 12.4 Å². The van der Waals surface area contributed by atoms with E-state index in [-0.39, 0.29) is 18.3 Å².